The quantitative estimate of drug-likeness (QED) is 0.444. The van der Waals surface area contributed by atoms with E-state index in [0.717, 1.165) is 30.6 Å². The Morgan fingerprint density at radius 3 is 2.32 bits per heavy atom. The van der Waals surface area contributed by atoms with Crippen LogP contribution in [0.3, 0.4) is 0 Å². The maximum Gasteiger partial charge on any atom is 0.244 e. The number of hydrogen-bond acceptors (Lipinski definition) is 5. The molecule has 7 nitrogen and oxygen atoms in total. The van der Waals surface area contributed by atoms with Gasteiger partial charge in [0.1, 0.15) is 11.5 Å². The lowest BCUT2D eigenvalue weighted by Gasteiger charge is -2.36. The van der Waals surface area contributed by atoms with Crippen molar-refractivity contribution in [2.24, 2.45) is 11.3 Å². The molecule has 1 fully saturated rings. The number of hydrogen-bond donors (Lipinski definition) is 3. The molecule has 28 heavy (non-hydrogen) atoms. The summed E-state index contributed by atoms with van der Waals surface area (Å²) in [4.78, 5) is 37.5. The van der Waals surface area contributed by atoms with Gasteiger partial charge in [-0.25, -0.2) is 5.48 Å². The Labute approximate surface area is 165 Å². The Morgan fingerprint density at radius 1 is 1.14 bits per heavy atom. The van der Waals surface area contributed by atoms with E-state index in [1.54, 1.807) is 19.6 Å². The second-order valence-electron chi connectivity index (χ2n) is 7.54. The Morgan fingerprint density at radius 2 is 1.79 bits per heavy atom. The molecule has 154 valence electrons. The fourth-order valence-electron chi connectivity index (χ4n) is 4.08. The van der Waals surface area contributed by atoms with Crippen molar-refractivity contribution in [1.29, 1.82) is 0 Å². The van der Waals surface area contributed by atoms with Crippen molar-refractivity contribution in [2.45, 2.75) is 51.4 Å². The van der Waals surface area contributed by atoms with Gasteiger partial charge in [-0.05, 0) is 37.0 Å². The highest BCUT2D eigenvalue weighted by atomic mass is 16.5. The lowest BCUT2D eigenvalue weighted by molar-refractivity contribution is -0.142. The number of Topliss-reactive ketones (excluding diaryl/α,β-unsaturated/α-hetero) is 1. The normalized spacial score (nSPS) is 16.7. The minimum absolute atomic E-state index is 0.0364. The molecule has 1 aromatic carbocycles. The summed E-state index contributed by atoms with van der Waals surface area (Å²) < 4.78 is 5.16. The van der Waals surface area contributed by atoms with Crippen molar-refractivity contribution in [1.82, 2.24) is 10.8 Å². The van der Waals surface area contributed by atoms with E-state index in [0.29, 0.717) is 19.3 Å². The van der Waals surface area contributed by atoms with E-state index in [1.807, 2.05) is 24.3 Å². The van der Waals surface area contributed by atoms with Crippen molar-refractivity contribution in [3.05, 3.63) is 29.8 Å². The summed E-state index contributed by atoms with van der Waals surface area (Å²) in [6, 6.07) is 7.42. The SMILES string of the molecule is CNC(=O)[C@@H](CC(=O)C1(CC(=O)NO)CCCCC1)Cc1ccc(OC)cc1. The number of benzene rings is 1. The van der Waals surface area contributed by atoms with E-state index in [-0.39, 0.29) is 24.5 Å². The van der Waals surface area contributed by atoms with Crippen LogP contribution in [0.2, 0.25) is 0 Å². The number of nitrogens with one attached hydrogen (secondary N) is 2. The molecule has 1 atom stereocenters. The van der Waals surface area contributed by atoms with Crippen molar-refractivity contribution in [3.8, 4) is 5.75 Å². The molecule has 0 aliphatic heterocycles. The van der Waals surface area contributed by atoms with Crippen LogP contribution in [0.1, 0.15) is 50.5 Å². The highest BCUT2D eigenvalue weighted by molar-refractivity contribution is 5.93. The third kappa shape index (κ3) is 5.55. The molecule has 1 aliphatic rings. The van der Waals surface area contributed by atoms with Gasteiger partial charge < -0.3 is 10.1 Å². The van der Waals surface area contributed by atoms with E-state index in [2.05, 4.69) is 5.32 Å². The van der Waals surface area contributed by atoms with Crippen LogP contribution >= 0.6 is 0 Å². The predicted octanol–water partition coefficient (Wildman–Crippen LogP) is 2.41. The maximum absolute atomic E-state index is 13.2. The minimum atomic E-state index is -0.794. The predicted molar refractivity (Wildman–Crippen MR) is 104 cm³/mol. The zero-order chi connectivity index (χ0) is 20.6. The van der Waals surface area contributed by atoms with Gasteiger partial charge in [-0.15, -0.1) is 0 Å². The van der Waals surface area contributed by atoms with Crippen LogP contribution in [0.4, 0.5) is 0 Å². The molecule has 2 rings (SSSR count). The molecule has 1 saturated carbocycles. The van der Waals surface area contributed by atoms with Crippen molar-refractivity contribution in [2.75, 3.05) is 14.2 Å². The van der Waals surface area contributed by atoms with Crippen molar-refractivity contribution in [3.63, 3.8) is 0 Å². The second kappa shape index (κ2) is 10.2. The maximum atomic E-state index is 13.2. The summed E-state index contributed by atoms with van der Waals surface area (Å²) in [7, 11) is 3.15. The number of ether oxygens (including phenoxy) is 1. The van der Waals surface area contributed by atoms with Crippen LogP contribution in [0.15, 0.2) is 24.3 Å². The van der Waals surface area contributed by atoms with Crippen LogP contribution in [0.25, 0.3) is 0 Å². The summed E-state index contributed by atoms with van der Waals surface area (Å²) in [6.45, 7) is 0. The van der Waals surface area contributed by atoms with Crippen LogP contribution in [0, 0.1) is 11.3 Å². The molecular weight excluding hydrogens is 360 g/mol. The van der Waals surface area contributed by atoms with Crippen LogP contribution in [-0.2, 0) is 20.8 Å². The summed E-state index contributed by atoms with van der Waals surface area (Å²) >= 11 is 0. The monoisotopic (exact) mass is 390 g/mol. The Hall–Kier alpha value is -2.41. The van der Waals surface area contributed by atoms with Crippen LogP contribution < -0.4 is 15.5 Å². The molecule has 0 heterocycles. The summed E-state index contributed by atoms with van der Waals surface area (Å²) in [5.41, 5.74) is 1.79. The first-order chi connectivity index (χ1) is 13.4. The summed E-state index contributed by atoms with van der Waals surface area (Å²) in [5, 5.41) is 11.6. The molecule has 3 N–H and O–H groups in total. The number of methoxy groups -OCH3 is 1. The Balaban J connectivity index is 2.17. The van der Waals surface area contributed by atoms with Gasteiger partial charge in [-0.3, -0.25) is 19.6 Å². The molecule has 1 aliphatic carbocycles. The average molecular weight is 390 g/mol. The molecule has 0 aromatic heterocycles. The standard InChI is InChI=1S/C21H30N2O5/c1-22-20(26)16(12-15-6-8-17(28-2)9-7-15)13-18(24)21(14-19(25)23-27)10-4-3-5-11-21/h6-9,16,27H,3-5,10-14H2,1-2H3,(H,22,26)(H,23,25)/t16-/m1/s1. The van der Waals surface area contributed by atoms with Crippen molar-refractivity contribution < 1.29 is 24.3 Å². The molecule has 7 heteroatoms. The van der Waals surface area contributed by atoms with Gasteiger partial charge in [0.05, 0.1) is 7.11 Å². The largest absolute Gasteiger partial charge is 0.497 e. The fourth-order valence-corrected chi connectivity index (χ4v) is 4.08. The number of carbonyl (C=O) groups excluding carboxylic acids is 3. The van der Waals surface area contributed by atoms with E-state index in [1.165, 1.54) is 0 Å². The van der Waals surface area contributed by atoms with Gasteiger partial charge in [0.25, 0.3) is 0 Å². The topological polar surface area (TPSA) is 105 Å². The van der Waals surface area contributed by atoms with Gasteiger partial charge in [-0.2, -0.15) is 0 Å². The first kappa shape index (κ1) is 21.9. The van der Waals surface area contributed by atoms with Gasteiger partial charge in [0.15, 0.2) is 0 Å². The summed E-state index contributed by atoms with van der Waals surface area (Å²) in [5.74, 6) is -0.601. The molecule has 0 spiro atoms. The van der Waals surface area contributed by atoms with Gasteiger partial charge in [0.2, 0.25) is 11.8 Å². The van der Waals surface area contributed by atoms with Crippen molar-refractivity contribution >= 4 is 17.6 Å². The van der Waals surface area contributed by atoms with E-state index >= 15 is 0 Å². The van der Waals surface area contributed by atoms with Gasteiger partial charge in [-0.1, -0.05) is 31.4 Å². The molecule has 1 aromatic rings. The first-order valence-corrected chi connectivity index (χ1v) is 9.75. The Kier molecular flexibility index (Phi) is 7.99. The van der Waals surface area contributed by atoms with E-state index < -0.39 is 17.2 Å². The van der Waals surface area contributed by atoms with E-state index in [9.17, 15) is 14.4 Å². The molecule has 2 amide bonds. The number of carbonyl (C=O) groups is 3. The van der Waals surface area contributed by atoms with Crippen LogP contribution in [0.5, 0.6) is 5.75 Å². The Bertz CT molecular complexity index is 681. The highest BCUT2D eigenvalue weighted by Gasteiger charge is 2.42. The number of amides is 2. The molecule has 0 bridgehead atoms. The number of ketones is 1. The fraction of sp³-hybridized carbons (Fsp3) is 0.571. The third-order valence-electron chi connectivity index (χ3n) is 5.72. The number of hydroxylamine groups is 1. The van der Waals surface area contributed by atoms with Gasteiger partial charge in [0, 0.05) is 31.2 Å². The zero-order valence-corrected chi connectivity index (χ0v) is 16.6. The third-order valence-corrected chi connectivity index (χ3v) is 5.72. The van der Waals surface area contributed by atoms with Crippen LogP contribution in [-0.4, -0.2) is 37.0 Å². The highest BCUT2D eigenvalue weighted by Crippen LogP contribution is 2.42. The van der Waals surface area contributed by atoms with Gasteiger partial charge >= 0.3 is 0 Å². The first-order valence-electron chi connectivity index (χ1n) is 9.75. The molecule has 0 radical (unpaired) electrons. The minimum Gasteiger partial charge on any atom is -0.497 e. The lowest BCUT2D eigenvalue weighted by atomic mass is 9.67. The lowest BCUT2D eigenvalue weighted by Crippen LogP contribution is -2.41. The molecular formula is C21H30N2O5. The van der Waals surface area contributed by atoms with E-state index in [4.69, 9.17) is 9.94 Å². The zero-order valence-electron chi connectivity index (χ0n) is 16.6. The average Bonchev–Trinajstić information content (AvgIpc) is 2.73. The molecule has 0 unspecified atom stereocenters. The molecule has 0 saturated heterocycles. The summed E-state index contributed by atoms with van der Waals surface area (Å²) in [6.07, 6.45) is 4.46. The second-order valence-corrected chi connectivity index (χ2v) is 7.54. The smallest absolute Gasteiger partial charge is 0.244 e. The number of rotatable bonds is 9.